The van der Waals surface area contributed by atoms with Gasteiger partial charge >= 0.3 is 5.97 Å². The number of carboxylic acid groups (broad SMARTS) is 1. The van der Waals surface area contributed by atoms with E-state index < -0.39 is 41.2 Å². The summed E-state index contributed by atoms with van der Waals surface area (Å²) in [5.41, 5.74) is 5.85. The molecule has 0 radical (unpaired) electrons. The van der Waals surface area contributed by atoms with Gasteiger partial charge in [0.1, 0.15) is 23.7 Å². The lowest BCUT2D eigenvalue weighted by Crippen LogP contribution is -2.70. The summed E-state index contributed by atoms with van der Waals surface area (Å²) in [7, 11) is 0. The molecule has 3 heterocycles. The first kappa shape index (κ1) is 23.7. The first-order chi connectivity index (χ1) is 16.3. The summed E-state index contributed by atoms with van der Waals surface area (Å²) in [6.45, 7) is -0.224. The second kappa shape index (κ2) is 9.82. The summed E-state index contributed by atoms with van der Waals surface area (Å²) >= 11 is 2.41. The average molecular weight is 506 g/mol. The van der Waals surface area contributed by atoms with Crippen LogP contribution in [0.3, 0.4) is 0 Å². The second-order valence-corrected chi connectivity index (χ2v) is 9.39. The van der Waals surface area contributed by atoms with Crippen molar-refractivity contribution in [3.8, 4) is 0 Å². The van der Waals surface area contributed by atoms with Gasteiger partial charge in [-0.2, -0.15) is 0 Å². The minimum Gasteiger partial charge on any atom is -0.477 e. The summed E-state index contributed by atoms with van der Waals surface area (Å²) in [6, 6.07) is 7.31. The van der Waals surface area contributed by atoms with Crippen LogP contribution < -0.4 is 11.1 Å². The Bertz CT molecular complexity index is 1170. The summed E-state index contributed by atoms with van der Waals surface area (Å²) in [5, 5.41) is 33.2. The van der Waals surface area contributed by atoms with E-state index in [9.17, 15) is 29.4 Å². The number of primary amides is 1. The molecule has 2 aromatic rings. The van der Waals surface area contributed by atoms with Crippen molar-refractivity contribution in [1.82, 2.24) is 30.4 Å². The third-order valence-corrected chi connectivity index (χ3v) is 7.47. The molecular formula is C19H19N7O6S2. The summed E-state index contributed by atoms with van der Waals surface area (Å²) in [4.78, 5) is 49.5. The average Bonchev–Trinajstić information content (AvgIpc) is 3.26. The molecule has 13 nitrogen and oxygen atoms in total. The minimum absolute atomic E-state index is 0.161. The molecule has 1 aromatic heterocycles. The van der Waals surface area contributed by atoms with Crippen molar-refractivity contribution in [2.75, 3.05) is 11.5 Å². The van der Waals surface area contributed by atoms with E-state index in [2.05, 4.69) is 20.8 Å². The van der Waals surface area contributed by atoms with Crippen molar-refractivity contribution in [3.63, 3.8) is 0 Å². The number of nitrogens with two attached hydrogens (primary N) is 1. The van der Waals surface area contributed by atoms with E-state index in [1.807, 2.05) is 0 Å². The maximum Gasteiger partial charge on any atom is 0.352 e. The van der Waals surface area contributed by atoms with Crippen molar-refractivity contribution < 1.29 is 29.4 Å². The highest BCUT2D eigenvalue weighted by molar-refractivity contribution is 8.01. The lowest BCUT2D eigenvalue weighted by molar-refractivity contribution is -0.151. The van der Waals surface area contributed by atoms with Crippen LogP contribution in [0.15, 0.2) is 46.8 Å². The number of rotatable bonds is 9. The monoisotopic (exact) mass is 505 g/mol. The van der Waals surface area contributed by atoms with Crippen molar-refractivity contribution in [3.05, 3.63) is 47.2 Å². The number of carbonyl (C=O) groups is 4. The number of β-lactam (4-membered cyclic amide) rings is 1. The zero-order valence-electron chi connectivity index (χ0n) is 17.4. The third kappa shape index (κ3) is 4.62. The van der Waals surface area contributed by atoms with Gasteiger partial charge < -0.3 is 21.3 Å². The van der Waals surface area contributed by atoms with Crippen LogP contribution in [0.4, 0.5) is 0 Å². The number of benzene rings is 1. The zero-order chi connectivity index (χ0) is 24.4. The highest BCUT2D eigenvalue weighted by Crippen LogP contribution is 2.41. The first-order valence-electron chi connectivity index (χ1n) is 9.88. The fraction of sp³-hybridized carbons (Fsp3) is 0.316. The molecule has 178 valence electrons. The van der Waals surface area contributed by atoms with Crippen molar-refractivity contribution in [2.45, 2.75) is 29.2 Å². The van der Waals surface area contributed by atoms with E-state index in [4.69, 9.17) is 5.73 Å². The standard InChI is InChI=1S/C19H19N7O6S2/c20-11(27)6-25-19(22-23-24-25)34-8-10-7-33-17-12(16(30)26(17)13(10)18(31)32)21-15(29)14(28)9-4-2-1-3-5-9/h1-5,12,14,17,28H,6-8H2,(H2,20,27)(H,21,29)(H,31,32)/t12?,14?,17-/m1/s1. The van der Waals surface area contributed by atoms with Crippen molar-refractivity contribution in [2.24, 2.45) is 5.73 Å². The summed E-state index contributed by atoms with van der Waals surface area (Å²) in [5.74, 6) is -2.79. The van der Waals surface area contributed by atoms with Crippen LogP contribution in [-0.2, 0) is 25.7 Å². The number of nitrogens with one attached hydrogen (secondary N) is 1. The molecule has 3 amide bonds. The highest BCUT2D eigenvalue weighted by Gasteiger charge is 2.54. The Kier molecular flexibility index (Phi) is 6.85. The molecule has 15 heteroatoms. The second-order valence-electron chi connectivity index (χ2n) is 7.34. The molecule has 5 N–H and O–H groups in total. The van der Waals surface area contributed by atoms with Crippen LogP contribution in [0.2, 0.25) is 0 Å². The van der Waals surface area contributed by atoms with Gasteiger partial charge in [-0.15, -0.1) is 16.9 Å². The predicted molar refractivity (Wildman–Crippen MR) is 119 cm³/mol. The van der Waals surface area contributed by atoms with Gasteiger partial charge in [0, 0.05) is 11.5 Å². The topological polar surface area (TPSA) is 194 Å². The number of hydrogen-bond acceptors (Lipinski definition) is 10. The molecule has 0 bridgehead atoms. The number of amides is 3. The van der Waals surface area contributed by atoms with E-state index >= 15 is 0 Å². The highest BCUT2D eigenvalue weighted by atomic mass is 32.2. The Balaban J connectivity index is 1.45. The zero-order valence-corrected chi connectivity index (χ0v) is 19.0. The Morgan fingerprint density at radius 1 is 1.29 bits per heavy atom. The number of aliphatic hydroxyl groups excluding tert-OH is 1. The summed E-state index contributed by atoms with van der Waals surface area (Å²) < 4.78 is 1.20. The number of carbonyl (C=O) groups excluding carboxylic acids is 3. The molecule has 4 rings (SSSR count). The van der Waals surface area contributed by atoms with E-state index in [0.717, 1.165) is 16.7 Å². The predicted octanol–water partition coefficient (Wildman–Crippen LogP) is -1.28. The molecule has 2 aliphatic heterocycles. The molecule has 2 unspecified atom stereocenters. The first-order valence-corrected chi connectivity index (χ1v) is 11.9. The van der Waals surface area contributed by atoms with Crippen LogP contribution in [0.25, 0.3) is 0 Å². The van der Waals surface area contributed by atoms with Crippen LogP contribution in [0.5, 0.6) is 0 Å². The van der Waals surface area contributed by atoms with Crippen LogP contribution in [0.1, 0.15) is 11.7 Å². The quantitative estimate of drug-likeness (QED) is 0.234. The molecular weight excluding hydrogens is 486 g/mol. The maximum absolute atomic E-state index is 12.8. The summed E-state index contributed by atoms with van der Waals surface area (Å²) in [6.07, 6.45) is -1.45. The van der Waals surface area contributed by atoms with Gasteiger partial charge in [0.15, 0.2) is 6.10 Å². The number of fused-ring (bicyclic) bond motifs is 1. The van der Waals surface area contributed by atoms with E-state index in [1.165, 1.54) is 16.4 Å². The Morgan fingerprint density at radius 3 is 2.71 bits per heavy atom. The number of thioether (sulfide) groups is 2. The van der Waals surface area contributed by atoms with Gasteiger partial charge in [0.25, 0.3) is 11.8 Å². The van der Waals surface area contributed by atoms with Crippen LogP contribution >= 0.6 is 23.5 Å². The molecule has 34 heavy (non-hydrogen) atoms. The van der Waals surface area contributed by atoms with Crippen molar-refractivity contribution in [1.29, 1.82) is 0 Å². The number of carboxylic acids is 1. The van der Waals surface area contributed by atoms with Gasteiger partial charge in [0.05, 0.1) is 0 Å². The molecule has 0 aliphatic carbocycles. The number of aromatic nitrogens is 4. The smallest absolute Gasteiger partial charge is 0.352 e. The normalized spacial score (nSPS) is 20.4. The van der Waals surface area contributed by atoms with E-state index in [0.29, 0.717) is 11.1 Å². The molecule has 2 aliphatic rings. The SMILES string of the molecule is NC(=O)Cn1nnnc1SCC1=C(C(=O)O)N2C(=O)C(NC(=O)C(O)c3ccccc3)[C@H]2SC1. The maximum atomic E-state index is 12.8. The Labute approximate surface area is 200 Å². The van der Waals surface area contributed by atoms with E-state index in [1.54, 1.807) is 30.3 Å². The Morgan fingerprint density at radius 2 is 2.03 bits per heavy atom. The van der Waals surface area contributed by atoms with Gasteiger partial charge in [0.2, 0.25) is 11.1 Å². The molecule has 0 saturated carbocycles. The molecule has 0 spiro atoms. The number of hydrogen-bond donors (Lipinski definition) is 4. The van der Waals surface area contributed by atoms with Crippen LogP contribution in [-0.4, -0.2) is 81.9 Å². The lowest BCUT2D eigenvalue weighted by atomic mass is 10.0. The molecule has 1 saturated heterocycles. The fourth-order valence-corrected chi connectivity index (χ4v) is 5.87. The van der Waals surface area contributed by atoms with Crippen molar-refractivity contribution >= 4 is 47.2 Å². The lowest BCUT2D eigenvalue weighted by Gasteiger charge is -2.49. The molecule has 3 atom stereocenters. The number of aliphatic hydroxyl groups is 1. The largest absolute Gasteiger partial charge is 0.477 e. The number of aliphatic carboxylic acids is 1. The number of nitrogens with zero attached hydrogens (tertiary/aromatic N) is 5. The molecule has 1 aromatic carbocycles. The minimum atomic E-state index is -1.45. The van der Waals surface area contributed by atoms with E-state index in [-0.39, 0.29) is 28.9 Å². The van der Waals surface area contributed by atoms with Gasteiger partial charge in [-0.1, -0.05) is 42.1 Å². The third-order valence-electron chi connectivity index (χ3n) is 5.09. The van der Waals surface area contributed by atoms with Gasteiger partial charge in [-0.3, -0.25) is 19.3 Å². The molecule has 1 fully saturated rings. The van der Waals surface area contributed by atoms with Gasteiger partial charge in [-0.05, 0) is 21.6 Å². The van der Waals surface area contributed by atoms with Gasteiger partial charge in [-0.25, -0.2) is 9.48 Å². The number of tetrazole rings is 1. The fourth-order valence-electron chi connectivity index (χ4n) is 3.51. The Hall–Kier alpha value is -3.43. The van der Waals surface area contributed by atoms with Crippen LogP contribution in [0, 0.1) is 0 Å².